The number of anilines is 2. The zero-order valence-corrected chi connectivity index (χ0v) is 22.7. The van der Waals surface area contributed by atoms with Crippen LogP contribution in [0.25, 0.3) is 11.1 Å². The van der Waals surface area contributed by atoms with Crippen LogP contribution >= 0.6 is 0 Å². The summed E-state index contributed by atoms with van der Waals surface area (Å²) in [6.45, 7) is 11.3. The van der Waals surface area contributed by atoms with Crippen molar-refractivity contribution in [3.8, 4) is 5.88 Å². The number of benzene rings is 1. The van der Waals surface area contributed by atoms with Gasteiger partial charge in [0.1, 0.15) is 17.2 Å². The van der Waals surface area contributed by atoms with Crippen LogP contribution in [0.5, 0.6) is 5.88 Å². The number of nitrogens with zero attached hydrogens (tertiary/aromatic N) is 3. The van der Waals surface area contributed by atoms with Crippen LogP contribution in [0.1, 0.15) is 101 Å². The molecule has 0 radical (unpaired) electrons. The van der Waals surface area contributed by atoms with Crippen molar-refractivity contribution in [2.45, 2.75) is 91.1 Å². The Labute approximate surface area is 215 Å². The lowest BCUT2D eigenvalue weighted by Gasteiger charge is -2.37. The minimum absolute atomic E-state index is 0.243. The van der Waals surface area contributed by atoms with E-state index in [2.05, 4.69) is 61.2 Å². The maximum Gasteiger partial charge on any atom is 0.227 e. The molecule has 36 heavy (non-hydrogen) atoms. The Morgan fingerprint density at radius 3 is 2.53 bits per heavy atom. The van der Waals surface area contributed by atoms with Crippen molar-refractivity contribution in [2.24, 2.45) is 5.92 Å². The molecule has 6 heteroatoms. The van der Waals surface area contributed by atoms with Crippen molar-refractivity contribution in [3.63, 3.8) is 0 Å². The molecule has 0 unspecified atom stereocenters. The molecular weight excluding hydrogens is 448 g/mol. The summed E-state index contributed by atoms with van der Waals surface area (Å²) in [6.07, 6.45) is 7.81. The number of carbonyl (C=O) groups excluding carboxylic acids is 1. The number of rotatable bonds is 5. The van der Waals surface area contributed by atoms with Gasteiger partial charge in [0.05, 0.1) is 5.56 Å². The van der Waals surface area contributed by atoms with Crippen molar-refractivity contribution >= 4 is 28.6 Å². The van der Waals surface area contributed by atoms with E-state index in [9.17, 15) is 4.79 Å². The van der Waals surface area contributed by atoms with Crippen molar-refractivity contribution in [2.75, 3.05) is 23.8 Å². The zero-order chi connectivity index (χ0) is 25.6. The summed E-state index contributed by atoms with van der Waals surface area (Å²) in [6, 6.07) is 6.80. The van der Waals surface area contributed by atoms with Gasteiger partial charge in [-0.15, -0.1) is 0 Å². The van der Waals surface area contributed by atoms with Crippen LogP contribution in [0.4, 0.5) is 11.5 Å². The summed E-state index contributed by atoms with van der Waals surface area (Å²) < 4.78 is 6.51. The van der Waals surface area contributed by atoms with Gasteiger partial charge in [-0.1, -0.05) is 25.5 Å². The van der Waals surface area contributed by atoms with Gasteiger partial charge in [0, 0.05) is 31.3 Å². The number of aryl methyl sites for hydroxylation is 1. The number of allylic oxidation sites excluding steroid dienone is 1. The lowest BCUT2D eigenvalue weighted by molar-refractivity contribution is -0.117. The molecule has 192 valence electrons. The maximum absolute atomic E-state index is 12.9. The zero-order valence-electron chi connectivity index (χ0n) is 22.7. The fourth-order valence-electron chi connectivity index (χ4n) is 6.64. The summed E-state index contributed by atoms with van der Waals surface area (Å²) in [5.74, 6) is 3.69. The highest BCUT2D eigenvalue weighted by Crippen LogP contribution is 2.48. The average molecular weight is 489 g/mol. The van der Waals surface area contributed by atoms with Gasteiger partial charge >= 0.3 is 0 Å². The molecule has 0 bridgehead atoms. The third-order valence-corrected chi connectivity index (χ3v) is 8.48. The lowest BCUT2D eigenvalue weighted by Crippen LogP contribution is -2.35. The van der Waals surface area contributed by atoms with Crippen molar-refractivity contribution < 1.29 is 9.53 Å². The number of aromatic nitrogens is 2. The number of ether oxygens (including phenoxy) is 1. The lowest BCUT2D eigenvalue weighted by atomic mass is 9.76. The molecule has 5 rings (SSSR count). The second kappa shape index (κ2) is 9.53. The molecule has 1 amide bonds. The quantitative estimate of drug-likeness (QED) is 0.505. The third-order valence-electron chi connectivity index (χ3n) is 8.48. The predicted molar refractivity (Wildman–Crippen MR) is 147 cm³/mol. The SMILES string of the molecule is CCC1CCC(c2ccc(C3=C(C)c4c(NC)nc(C)nc4OC3(C)C)cc2N2CCCC2=O)CC1. The summed E-state index contributed by atoms with van der Waals surface area (Å²) in [4.78, 5) is 24.2. The van der Waals surface area contributed by atoms with Gasteiger partial charge in [-0.2, -0.15) is 4.98 Å². The molecule has 1 aromatic carbocycles. The molecule has 3 heterocycles. The van der Waals surface area contributed by atoms with Gasteiger partial charge in [0.15, 0.2) is 0 Å². The molecule has 1 aromatic heterocycles. The number of hydrogen-bond donors (Lipinski definition) is 1. The Hall–Kier alpha value is -2.89. The van der Waals surface area contributed by atoms with E-state index in [4.69, 9.17) is 4.74 Å². The van der Waals surface area contributed by atoms with E-state index in [1.807, 2.05) is 18.9 Å². The van der Waals surface area contributed by atoms with E-state index < -0.39 is 5.60 Å². The molecule has 1 aliphatic carbocycles. The van der Waals surface area contributed by atoms with Crippen LogP contribution in [0, 0.1) is 12.8 Å². The molecule has 0 spiro atoms. The van der Waals surface area contributed by atoms with Crippen LogP contribution < -0.4 is 15.0 Å². The van der Waals surface area contributed by atoms with E-state index in [1.165, 1.54) is 37.7 Å². The normalized spacial score (nSPS) is 23.5. The number of carbonyl (C=O) groups is 1. The average Bonchev–Trinajstić information content (AvgIpc) is 3.28. The summed E-state index contributed by atoms with van der Waals surface area (Å²) >= 11 is 0. The highest BCUT2D eigenvalue weighted by Gasteiger charge is 2.38. The molecule has 0 atom stereocenters. The maximum atomic E-state index is 12.9. The number of amides is 1. The first kappa shape index (κ1) is 24.8. The third kappa shape index (κ3) is 4.29. The van der Waals surface area contributed by atoms with Crippen LogP contribution in [0.3, 0.4) is 0 Å². The van der Waals surface area contributed by atoms with Crippen molar-refractivity contribution in [1.29, 1.82) is 0 Å². The Kier molecular flexibility index (Phi) is 6.56. The topological polar surface area (TPSA) is 67.4 Å². The highest BCUT2D eigenvalue weighted by molar-refractivity contribution is 6.01. The first-order valence-electron chi connectivity index (χ1n) is 13.6. The summed E-state index contributed by atoms with van der Waals surface area (Å²) in [7, 11) is 1.88. The van der Waals surface area contributed by atoms with Crippen LogP contribution in [0.15, 0.2) is 18.2 Å². The van der Waals surface area contributed by atoms with E-state index in [0.29, 0.717) is 24.0 Å². The Morgan fingerprint density at radius 1 is 1.14 bits per heavy atom. The second-order valence-electron chi connectivity index (χ2n) is 11.2. The Balaban J connectivity index is 1.64. The Morgan fingerprint density at radius 2 is 1.89 bits per heavy atom. The van der Waals surface area contributed by atoms with Gasteiger partial charge in [0.2, 0.25) is 11.8 Å². The van der Waals surface area contributed by atoms with E-state index in [-0.39, 0.29) is 5.91 Å². The van der Waals surface area contributed by atoms with Crippen LogP contribution in [-0.4, -0.2) is 35.1 Å². The first-order valence-corrected chi connectivity index (χ1v) is 13.6. The highest BCUT2D eigenvalue weighted by atomic mass is 16.5. The second-order valence-corrected chi connectivity index (χ2v) is 11.2. The van der Waals surface area contributed by atoms with Gasteiger partial charge in [-0.3, -0.25) is 4.79 Å². The van der Waals surface area contributed by atoms with Crippen LogP contribution in [0.2, 0.25) is 0 Å². The molecule has 6 nitrogen and oxygen atoms in total. The molecule has 2 aromatic rings. The van der Waals surface area contributed by atoms with E-state index in [1.54, 1.807) is 0 Å². The van der Waals surface area contributed by atoms with E-state index in [0.717, 1.165) is 52.7 Å². The fourth-order valence-corrected chi connectivity index (χ4v) is 6.64. The molecule has 2 aliphatic heterocycles. The van der Waals surface area contributed by atoms with Gasteiger partial charge < -0.3 is 15.0 Å². The first-order chi connectivity index (χ1) is 17.2. The minimum atomic E-state index is -0.574. The van der Waals surface area contributed by atoms with Gasteiger partial charge in [-0.05, 0) is 94.4 Å². The molecule has 1 saturated heterocycles. The molecule has 1 N–H and O–H groups in total. The standard InChI is InChI=1S/C30H40N4O2/c1-7-20-10-12-21(13-11-20)23-15-14-22(17-24(23)34-16-8-9-25(34)35)27-18(2)26-28(31-6)32-19(3)33-29(26)36-30(27,4)5/h14-15,17,20-21H,7-13,16H2,1-6H3,(H,31,32,33). The summed E-state index contributed by atoms with van der Waals surface area (Å²) in [5.41, 5.74) is 6.12. The smallest absolute Gasteiger partial charge is 0.227 e. The Bertz CT molecular complexity index is 1210. The monoisotopic (exact) mass is 488 g/mol. The van der Waals surface area contributed by atoms with Gasteiger partial charge in [0.25, 0.3) is 0 Å². The summed E-state index contributed by atoms with van der Waals surface area (Å²) in [5, 5.41) is 3.23. The number of hydrogen-bond acceptors (Lipinski definition) is 5. The molecule has 3 aliphatic rings. The number of nitrogens with one attached hydrogen (secondary N) is 1. The van der Waals surface area contributed by atoms with Crippen LogP contribution in [-0.2, 0) is 4.79 Å². The minimum Gasteiger partial charge on any atom is -0.466 e. The number of fused-ring (bicyclic) bond motifs is 1. The fraction of sp³-hybridized carbons (Fsp3) is 0.567. The van der Waals surface area contributed by atoms with Crippen molar-refractivity contribution in [3.05, 3.63) is 40.7 Å². The predicted octanol–water partition coefficient (Wildman–Crippen LogP) is 6.74. The molecule has 2 fully saturated rings. The van der Waals surface area contributed by atoms with E-state index >= 15 is 0 Å². The molecule has 1 saturated carbocycles. The van der Waals surface area contributed by atoms with Gasteiger partial charge in [-0.25, -0.2) is 4.98 Å². The van der Waals surface area contributed by atoms with Crippen molar-refractivity contribution in [1.82, 2.24) is 9.97 Å². The molecular formula is C30H40N4O2. The largest absolute Gasteiger partial charge is 0.466 e.